The third-order valence-electron chi connectivity index (χ3n) is 5.50. The molecule has 0 aliphatic rings. The van der Waals surface area contributed by atoms with Crippen LogP contribution in [0.5, 0.6) is 0 Å². The molecule has 0 bridgehead atoms. The van der Waals surface area contributed by atoms with Crippen LogP contribution < -0.4 is 0 Å². The molecule has 0 amide bonds. The van der Waals surface area contributed by atoms with Gasteiger partial charge in [0.2, 0.25) is 0 Å². The molecular weight excluding hydrogens is 590 g/mol. The Labute approximate surface area is 200 Å². The molecule has 0 unspecified atom stereocenters. The van der Waals surface area contributed by atoms with E-state index in [0.29, 0.717) is 0 Å². The molecule has 0 aromatic carbocycles. The zero-order valence-electron chi connectivity index (χ0n) is 21.4. The van der Waals surface area contributed by atoms with Gasteiger partial charge in [0.1, 0.15) is 0 Å². The fourth-order valence-corrected chi connectivity index (χ4v) is 40.5. The van der Waals surface area contributed by atoms with E-state index in [-0.39, 0.29) is 0 Å². The minimum absolute atomic E-state index is 0.793. The van der Waals surface area contributed by atoms with E-state index in [1.165, 1.54) is 38.5 Å². The predicted molar refractivity (Wildman–Crippen MR) is 134 cm³/mol. The molecule has 30 heavy (non-hydrogen) atoms. The Bertz CT molecular complexity index is 351. The van der Waals surface area contributed by atoms with Gasteiger partial charge in [-0.1, -0.05) is 0 Å². The fraction of sp³-hybridized carbons (Fsp3) is 1.00. The van der Waals surface area contributed by atoms with Crippen molar-refractivity contribution in [2.75, 3.05) is 19.8 Å². The van der Waals surface area contributed by atoms with Gasteiger partial charge in [-0.3, -0.25) is 0 Å². The van der Waals surface area contributed by atoms with Crippen molar-refractivity contribution in [1.82, 2.24) is 0 Å². The molecule has 4 nitrogen and oxygen atoms in total. The van der Waals surface area contributed by atoms with Gasteiger partial charge in [0, 0.05) is 0 Å². The van der Waals surface area contributed by atoms with E-state index in [1.807, 2.05) is 0 Å². The minimum atomic E-state index is -3.65. The van der Waals surface area contributed by atoms with Crippen molar-refractivity contribution in [1.29, 1.82) is 0 Å². The molecule has 0 heterocycles. The Morgan fingerprint density at radius 3 is 1.20 bits per heavy atom. The molecule has 0 aromatic rings. The zero-order chi connectivity index (χ0) is 22.6. The molecule has 182 valence electrons. The summed E-state index contributed by atoms with van der Waals surface area (Å²) in [6.45, 7) is 16.0. The number of hydrogen-bond donors (Lipinski definition) is 0. The van der Waals surface area contributed by atoms with Crippen LogP contribution in [0, 0.1) is 0 Å². The van der Waals surface area contributed by atoms with Crippen molar-refractivity contribution < 1.29 is 10.6 Å². The fourth-order valence-electron chi connectivity index (χ4n) is 3.41. The van der Waals surface area contributed by atoms with E-state index in [4.69, 9.17) is 10.6 Å². The number of rotatable bonds is 23. The Kier molecular flexibility index (Phi) is 22.0. The van der Waals surface area contributed by atoms with E-state index in [0.717, 1.165) is 71.7 Å². The molecular formula is C24H54O4Sn2. The van der Waals surface area contributed by atoms with E-state index >= 15 is 0 Å². The van der Waals surface area contributed by atoms with Gasteiger partial charge in [-0.15, -0.1) is 0 Å². The van der Waals surface area contributed by atoms with Crippen molar-refractivity contribution in [2.24, 2.45) is 0 Å². The molecule has 0 fully saturated rings. The second-order valence-corrected chi connectivity index (χ2v) is 29.0. The maximum absolute atomic E-state index is 7.33. The summed E-state index contributed by atoms with van der Waals surface area (Å²) in [4.78, 5) is 0. The second-order valence-electron chi connectivity index (χ2n) is 8.61. The van der Waals surface area contributed by atoms with Gasteiger partial charge in [0.25, 0.3) is 0 Å². The summed E-state index contributed by atoms with van der Waals surface area (Å²) in [6.07, 6.45) is 13.9. The summed E-state index contributed by atoms with van der Waals surface area (Å²) >= 11 is -6.92. The molecule has 0 atom stereocenters. The SMILES string of the molecule is CCCC[O][Sn]([CH2]CCC)([CH2]CCC)[O][Sn]([CH2]CCC)([O]CCCC)[O]CCCC. The summed E-state index contributed by atoms with van der Waals surface area (Å²) in [5, 5.41) is 0. The molecule has 0 N–H and O–H groups in total. The van der Waals surface area contributed by atoms with Gasteiger partial charge in [-0.25, -0.2) is 0 Å². The average molecular weight is 644 g/mol. The molecule has 0 spiro atoms. The van der Waals surface area contributed by atoms with E-state index in [1.54, 1.807) is 0 Å². The standard InChI is InChI=1S/3C4H9O.3C4H9.O.2Sn/c3*1-2-3-4-5;3*1-3-4-2;;;/h3*2-4H2,1H3;3*1,3-4H2,2H3;;;/q3*-1;;;;;+1;+2. The van der Waals surface area contributed by atoms with Crippen molar-refractivity contribution in [3.05, 3.63) is 0 Å². The van der Waals surface area contributed by atoms with Crippen LogP contribution in [-0.2, 0) is 10.6 Å². The maximum atomic E-state index is 7.33. The zero-order valence-corrected chi connectivity index (χ0v) is 27.1. The third kappa shape index (κ3) is 14.6. The van der Waals surface area contributed by atoms with Crippen LogP contribution in [0.4, 0.5) is 0 Å². The Morgan fingerprint density at radius 1 is 0.433 bits per heavy atom. The molecule has 0 aliphatic carbocycles. The molecule has 0 radical (unpaired) electrons. The van der Waals surface area contributed by atoms with Crippen LogP contribution in [0.2, 0.25) is 13.3 Å². The molecule has 0 saturated carbocycles. The Morgan fingerprint density at radius 2 is 0.800 bits per heavy atom. The first-order valence-electron chi connectivity index (χ1n) is 13.2. The van der Waals surface area contributed by atoms with Gasteiger partial charge in [-0.05, 0) is 0 Å². The Balaban J connectivity index is 5.76. The van der Waals surface area contributed by atoms with Crippen LogP contribution in [0.3, 0.4) is 0 Å². The van der Waals surface area contributed by atoms with E-state index in [9.17, 15) is 0 Å². The van der Waals surface area contributed by atoms with Crippen LogP contribution in [0.25, 0.3) is 0 Å². The molecule has 6 heteroatoms. The first-order chi connectivity index (χ1) is 14.6. The first kappa shape index (κ1) is 31.4. The van der Waals surface area contributed by atoms with Crippen molar-refractivity contribution in [3.63, 3.8) is 0 Å². The third-order valence-corrected chi connectivity index (χ3v) is 35.4. The normalized spacial score (nSPS) is 12.6. The van der Waals surface area contributed by atoms with Crippen molar-refractivity contribution in [3.8, 4) is 0 Å². The summed E-state index contributed by atoms with van der Waals surface area (Å²) in [7, 11) is 0. The topological polar surface area (TPSA) is 36.9 Å². The second kappa shape index (κ2) is 21.0. The quantitative estimate of drug-likeness (QED) is 0.0830. The van der Waals surface area contributed by atoms with Crippen LogP contribution >= 0.6 is 0 Å². The summed E-state index contributed by atoms with van der Waals surface area (Å²) in [5.41, 5.74) is 0. The monoisotopic (exact) mass is 646 g/mol. The first-order valence-corrected chi connectivity index (χ1v) is 25.1. The van der Waals surface area contributed by atoms with Crippen molar-refractivity contribution >= 4 is 38.8 Å². The number of hydrogen-bond acceptors (Lipinski definition) is 4. The molecule has 0 aliphatic heterocycles. The van der Waals surface area contributed by atoms with Gasteiger partial charge < -0.3 is 0 Å². The summed E-state index contributed by atoms with van der Waals surface area (Å²) in [5.74, 6) is 0. The molecule has 0 rings (SSSR count). The van der Waals surface area contributed by atoms with Gasteiger partial charge in [0.05, 0.1) is 0 Å². The van der Waals surface area contributed by atoms with Crippen LogP contribution in [-0.4, -0.2) is 58.6 Å². The summed E-state index contributed by atoms with van der Waals surface area (Å²) < 4.78 is 30.8. The number of unbranched alkanes of at least 4 members (excludes halogenated alkanes) is 6. The van der Waals surface area contributed by atoms with Crippen LogP contribution in [0.15, 0.2) is 0 Å². The van der Waals surface area contributed by atoms with E-state index in [2.05, 4.69) is 41.5 Å². The van der Waals surface area contributed by atoms with Crippen LogP contribution in [0.1, 0.15) is 119 Å². The predicted octanol–water partition coefficient (Wildman–Crippen LogP) is 8.23. The molecule has 0 saturated heterocycles. The van der Waals surface area contributed by atoms with Gasteiger partial charge in [0.15, 0.2) is 0 Å². The van der Waals surface area contributed by atoms with E-state index < -0.39 is 38.8 Å². The summed E-state index contributed by atoms with van der Waals surface area (Å²) in [6, 6.07) is 0. The van der Waals surface area contributed by atoms with Crippen molar-refractivity contribution in [2.45, 2.75) is 132 Å². The Hall–Kier alpha value is 1.44. The van der Waals surface area contributed by atoms with Gasteiger partial charge in [-0.2, -0.15) is 0 Å². The van der Waals surface area contributed by atoms with Gasteiger partial charge >= 0.3 is 201 Å². The molecule has 0 aromatic heterocycles. The average Bonchev–Trinajstić information content (AvgIpc) is 2.75.